The minimum absolute atomic E-state index is 0.269. The maximum atomic E-state index is 10.7. The predicted octanol–water partition coefficient (Wildman–Crippen LogP) is 3.45. The quantitative estimate of drug-likeness (QED) is 0.826. The summed E-state index contributed by atoms with van der Waals surface area (Å²) in [4.78, 5) is 10.7. The molecule has 0 heterocycles. The van der Waals surface area contributed by atoms with Gasteiger partial charge in [0.2, 0.25) is 0 Å². The molecule has 0 radical (unpaired) electrons. The predicted molar refractivity (Wildman–Crippen MR) is 75.8 cm³/mol. The Morgan fingerprint density at radius 3 is 2.32 bits per heavy atom. The first kappa shape index (κ1) is 12.7. The largest absolute Gasteiger partial charge is 0.478 e. The van der Waals surface area contributed by atoms with Crippen LogP contribution in [0.15, 0.2) is 60.7 Å². The average Bonchev–Trinajstić information content (AvgIpc) is 2.45. The van der Waals surface area contributed by atoms with Crippen LogP contribution < -0.4 is 0 Å². The molecule has 2 aromatic rings. The topological polar surface area (TPSA) is 37.3 Å². The molecule has 2 rings (SSSR count). The van der Waals surface area contributed by atoms with Crippen molar-refractivity contribution in [2.24, 2.45) is 0 Å². The van der Waals surface area contributed by atoms with Gasteiger partial charge in [-0.2, -0.15) is 0 Å². The van der Waals surface area contributed by atoms with Gasteiger partial charge in [-0.1, -0.05) is 42.2 Å². The van der Waals surface area contributed by atoms with Crippen molar-refractivity contribution >= 4 is 12.0 Å². The fraction of sp³-hybridized carbons (Fsp3) is 0. The fourth-order valence-electron chi connectivity index (χ4n) is 1.52. The van der Waals surface area contributed by atoms with E-state index in [2.05, 4.69) is 11.8 Å². The Hall–Kier alpha value is -2.79. The van der Waals surface area contributed by atoms with Crippen LogP contribution in [0.25, 0.3) is 6.08 Å². The highest BCUT2D eigenvalue weighted by molar-refractivity contribution is 5.87. The van der Waals surface area contributed by atoms with E-state index in [4.69, 9.17) is 5.11 Å². The first-order valence-corrected chi connectivity index (χ1v) is 5.82. The molecule has 0 unspecified atom stereocenters. The van der Waals surface area contributed by atoms with Crippen LogP contribution in [0, 0.1) is 11.8 Å². The minimum atomic E-state index is -0.927. The van der Waals surface area contributed by atoms with Crippen LogP contribution in [0.5, 0.6) is 0 Å². The summed E-state index contributed by atoms with van der Waals surface area (Å²) in [6.45, 7) is 0. The fourth-order valence-corrected chi connectivity index (χ4v) is 1.52. The number of rotatable bonds is 2. The van der Waals surface area contributed by atoms with Gasteiger partial charge in [0, 0.05) is 5.56 Å². The van der Waals surface area contributed by atoms with Gasteiger partial charge in [-0.15, -0.1) is 0 Å². The molecular weight excluding hydrogens is 236 g/mol. The monoisotopic (exact) mass is 248 g/mol. The van der Waals surface area contributed by atoms with Gasteiger partial charge in [0.05, 0.1) is 5.56 Å². The van der Waals surface area contributed by atoms with Gasteiger partial charge >= 0.3 is 5.97 Å². The SMILES string of the molecule is O=C(O)c1ccc(C#C/C=C/c2ccccc2)cc1. The lowest BCUT2D eigenvalue weighted by Gasteiger charge is -1.93. The summed E-state index contributed by atoms with van der Waals surface area (Å²) in [5.41, 5.74) is 2.16. The Balaban J connectivity index is 2.04. The van der Waals surface area contributed by atoms with Crippen LogP contribution in [0.3, 0.4) is 0 Å². The van der Waals surface area contributed by atoms with E-state index in [1.54, 1.807) is 30.3 Å². The molecule has 19 heavy (non-hydrogen) atoms. The van der Waals surface area contributed by atoms with Gasteiger partial charge in [0.15, 0.2) is 0 Å². The highest BCUT2D eigenvalue weighted by Gasteiger charge is 1.99. The van der Waals surface area contributed by atoms with Crippen molar-refractivity contribution in [2.75, 3.05) is 0 Å². The second kappa shape index (κ2) is 6.23. The summed E-state index contributed by atoms with van der Waals surface area (Å²) >= 11 is 0. The van der Waals surface area contributed by atoms with Crippen molar-refractivity contribution in [1.29, 1.82) is 0 Å². The number of carboxylic acids is 1. The Morgan fingerprint density at radius 1 is 1.00 bits per heavy atom. The summed E-state index contributed by atoms with van der Waals surface area (Å²) in [5, 5.41) is 8.77. The van der Waals surface area contributed by atoms with Crippen LogP contribution in [0.4, 0.5) is 0 Å². The van der Waals surface area contributed by atoms with Gasteiger partial charge in [-0.05, 0) is 42.0 Å². The number of hydrogen-bond acceptors (Lipinski definition) is 1. The van der Waals surface area contributed by atoms with Crippen molar-refractivity contribution < 1.29 is 9.90 Å². The number of carboxylic acid groups (broad SMARTS) is 1. The average molecular weight is 248 g/mol. The van der Waals surface area contributed by atoms with Crippen LogP contribution in [-0.4, -0.2) is 11.1 Å². The van der Waals surface area contributed by atoms with E-state index in [-0.39, 0.29) is 5.56 Å². The zero-order valence-electron chi connectivity index (χ0n) is 10.2. The number of aromatic carboxylic acids is 1. The van der Waals surface area contributed by atoms with Crippen molar-refractivity contribution in [1.82, 2.24) is 0 Å². The number of carbonyl (C=O) groups is 1. The molecule has 0 aliphatic rings. The first-order valence-electron chi connectivity index (χ1n) is 5.82. The van der Waals surface area contributed by atoms with Gasteiger partial charge in [0.1, 0.15) is 0 Å². The molecule has 2 heteroatoms. The molecule has 0 saturated heterocycles. The van der Waals surface area contributed by atoms with E-state index in [9.17, 15) is 4.79 Å². The second-order valence-corrected chi connectivity index (χ2v) is 3.90. The van der Waals surface area contributed by atoms with Crippen molar-refractivity contribution in [2.45, 2.75) is 0 Å². The molecular formula is C17H12O2. The molecule has 1 N–H and O–H groups in total. The molecule has 0 bridgehead atoms. The maximum absolute atomic E-state index is 10.7. The maximum Gasteiger partial charge on any atom is 0.335 e. The number of allylic oxidation sites excluding steroid dienone is 1. The smallest absolute Gasteiger partial charge is 0.335 e. The van der Waals surface area contributed by atoms with E-state index >= 15 is 0 Å². The zero-order valence-corrected chi connectivity index (χ0v) is 10.2. The summed E-state index contributed by atoms with van der Waals surface area (Å²) in [6.07, 6.45) is 3.71. The highest BCUT2D eigenvalue weighted by atomic mass is 16.4. The number of hydrogen-bond donors (Lipinski definition) is 1. The van der Waals surface area contributed by atoms with Crippen LogP contribution in [0.2, 0.25) is 0 Å². The molecule has 0 aliphatic heterocycles. The molecule has 0 aliphatic carbocycles. The standard InChI is InChI=1S/C17H12O2/c18-17(19)16-12-10-15(11-13-16)9-5-4-8-14-6-2-1-3-7-14/h1-4,6-8,10-13H,(H,18,19)/b8-4+. The van der Waals surface area contributed by atoms with Crippen molar-refractivity contribution in [3.63, 3.8) is 0 Å². The minimum Gasteiger partial charge on any atom is -0.478 e. The lowest BCUT2D eigenvalue weighted by atomic mass is 10.1. The molecule has 0 aromatic heterocycles. The van der Waals surface area contributed by atoms with Gasteiger partial charge in [0.25, 0.3) is 0 Å². The molecule has 0 fully saturated rings. The lowest BCUT2D eigenvalue weighted by Crippen LogP contribution is -1.94. The third-order valence-electron chi connectivity index (χ3n) is 2.51. The Morgan fingerprint density at radius 2 is 1.68 bits per heavy atom. The van der Waals surface area contributed by atoms with Crippen LogP contribution in [0.1, 0.15) is 21.5 Å². The highest BCUT2D eigenvalue weighted by Crippen LogP contribution is 2.03. The summed E-state index contributed by atoms with van der Waals surface area (Å²) in [7, 11) is 0. The molecule has 92 valence electrons. The molecule has 2 aromatic carbocycles. The van der Waals surface area contributed by atoms with Gasteiger partial charge in [-0.25, -0.2) is 4.79 Å². The van der Waals surface area contributed by atoms with E-state index in [1.807, 2.05) is 36.4 Å². The summed E-state index contributed by atoms with van der Waals surface area (Å²) < 4.78 is 0. The van der Waals surface area contributed by atoms with Crippen molar-refractivity contribution in [3.8, 4) is 11.8 Å². The Kier molecular flexibility index (Phi) is 4.15. The Labute approximate surface area is 112 Å². The number of benzene rings is 2. The summed E-state index contributed by atoms with van der Waals surface area (Å²) in [5.74, 6) is 4.94. The first-order chi connectivity index (χ1) is 9.25. The summed E-state index contributed by atoms with van der Waals surface area (Å²) in [6, 6.07) is 16.4. The zero-order chi connectivity index (χ0) is 13.5. The van der Waals surface area contributed by atoms with E-state index < -0.39 is 5.97 Å². The third kappa shape index (κ3) is 3.86. The van der Waals surface area contributed by atoms with E-state index in [1.165, 1.54) is 0 Å². The van der Waals surface area contributed by atoms with Crippen LogP contribution >= 0.6 is 0 Å². The van der Waals surface area contributed by atoms with E-state index in [0.717, 1.165) is 11.1 Å². The lowest BCUT2D eigenvalue weighted by molar-refractivity contribution is 0.0697. The van der Waals surface area contributed by atoms with Gasteiger partial charge in [-0.3, -0.25) is 0 Å². The normalized spacial score (nSPS) is 9.89. The molecule has 0 spiro atoms. The third-order valence-corrected chi connectivity index (χ3v) is 2.51. The van der Waals surface area contributed by atoms with Crippen molar-refractivity contribution in [3.05, 3.63) is 77.4 Å². The van der Waals surface area contributed by atoms with Gasteiger partial charge < -0.3 is 5.11 Å². The molecule has 0 atom stereocenters. The second-order valence-electron chi connectivity index (χ2n) is 3.90. The van der Waals surface area contributed by atoms with Crippen LogP contribution in [-0.2, 0) is 0 Å². The Bertz CT molecular complexity index is 641. The molecule has 0 saturated carbocycles. The van der Waals surface area contributed by atoms with E-state index in [0.29, 0.717) is 0 Å². The molecule has 0 amide bonds. The molecule has 2 nitrogen and oxygen atoms in total.